The van der Waals surface area contributed by atoms with Crippen molar-refractivity contribution in [3.8, 4) is 0 Å². The quantitative estimate of drug-likeness (QED) is 0.750. The predicted molar refractivity (Wildman–Crippen MR) is 75.5 cm³/mol. The third-order valence-electron chi connectivity index (χ3n) is 2.81. The van der Waals surface area contributed by atoms with Crippen LogP contribution in [0.3, 0.4) is 0 Å². The fraction of sp³-hybridized carbons (Fsp3) is 0. The van der Waals surface area contributed by atoms with Crippen LogP contribution in [0.2, 0.25) is 5.02 Å². The lowest BCUT2D eigenvalue weighted by Gasteiger charge is -2.05. The first-order valence-corrected chi connectivity index (χ1v) is 6.11. The molecule has 5 heteroatoms. The number of rotatable bonds is 2. The van der Waals surface area contributed by atoms with Crippen LogP contribution in [-0.2, 0) is 0 Å². The van der Waals surface area contributed by atoms with Crippen LogP contribution < -0.4 is 5.32 Å². The molecule has 0 fully saturated rings. The van der Waals surface area contributed by atoms with Gasteiger partial charge in [0.15, 0.2) is 5.82 Å². The van der Waals surface area contributed by atoms with Gasteiger partial charge in [-0.05, 0) is 36.4 Å². The van der Waals surface area contributed by atoms with Crippen molar-refractivity contribution in [2.75, 3.05) is 5.32 Å². The van der Waals surface area contributed by atoms with Crippen molar-refractivity contribution in [2.24, 2.45) is 0 Å². The number of nitrogens with zero attached hydrogens (tertiary/aromatic N) is 1. The zero-order valence-corrected chi connectivity index (χ0v) is 10.6. The van der Waals surface area contributed by atoms with Gasteiger partial charge in [0.25, 0.3) is 5.91 Å². The van der Waals surface area contributed by atoms with Crippen molar-refractivity contribution in [3.05, 3.63) is 59.4 Å². The molecule has 0 aliphatic heterocycles. The molecule has 1 aromatic carbocycles. The summed E-state index contributed by atoms with van der Waals surface area (Å²) in [4.78, 5) is 19.2. The number of carbonyl (C=O) groups excluding carboxylic acids is 1. The minimum absolute atomic E-state index is 0.233. The van der Waals surface area contributed by atoms with Gasteiger partial charge in [-0.25, -0.2) is 4.98 Å². The predicted octanol–water partition coefficient (Wildman–Crippen LogP) is 3.47. The highest BCUT2D eigenvalue weighted by atomic mass is 35.5. The third kappa shape index (κ3) is 2.30. The van der Waals surface area contributed by atoms with Gasteiger partial charge in [0, 0.05) is 28.9 Å². The van der Waals surface area contributed by atoms with E-state index in [1.807, 2.05) is 24.4 Å². The van der Waals surface area contributed by atoms with Gasteiger partial charge in [-0.15, -0.1) is 0 Å². The van der Waals surface area contributed by atoms with Crippen LogP contribution in [0.15, 0.2) is 48.8 Å². The van der Waals surface area contributed by atoms with Gasteiger partial charge in [-0.2, -0.15) is 0 Å². The van der Waals surface area contributed by atoms with Crippen LogP contribution >= 0.6 is 11.6 Å². The number of fused-ring (bicyclic) bond motifs is 1. The first-order chi connectivity index (χ1) is 9.24. The minimum Gasteiger partial charge on any atom is -0.361 e. The highest BCUT2D eigenvalue weighted by Crippen LogP contribution is 2.19. The Bertz CT molecular complexity index is 751. The Labute approximate surface area is 114 Å². The van der Waals surface area contributed by atoms with Crippen LogP contribution in [0.1, 0.15) is 10.4 Å². The number of amides is 1. The summed E-state index contributed by atoms with van der Waals surface area (Å²) in [6, 6.07) is 10.7. The Morgan fingerprint density at radius 1 is 1.26 bits per heavy atom. The highest BCUT2D eigenvalue weighted by molar-refractivity contribution is 6.33. The second kappa shape index (κ2) is 4.74. The van der Waals surface area contributed by atoms with E-state index >= 15 is 0 Å². The molecule has 3 rings (SSSR count). The maximum atomic E-state index is 12.1. The van der Waals surface area contributed by atoms with E-state index < -0.39 is 0 Å². The standard InChI is InChI=1S/C14H10ClN3O/c15-11-2-1-6-17-13(11)18-14(19)10-3-4-12-9(8-10)5-7-16-12/h1-8,16H,(H,17,18,19). The fourth-order valence-corrected chi connectivity index (χ4v) is 2.02. The van der Waals surface area contributed by atoms with E-state index in [2.05, 4.69) is 15.3 Å². The Balaban J connectivity index is 1.89. The van der Waals surface area contributed by atoms with Gasteiger partial charge < -0.3 is 10.3 Å². The van der Waals surface area contributed by atoms with Gasteiger partial charge in [0.1, 0.15) is 0 Å². The van der Waals surface area contributed by atoms with Crippen molar-refractivity contribution in [3.63, 3.8) is 0 Å². The lowest BCUT2D eigenvalue weighted by Crippen LogP contribution is -2.13. The third-order valence-corrected chi connectivity index (χ3v) is 3.11. The molecule has 0 radical (unpaired) electrons. The number of carbonyl (C=O) groups is 1. The van der Waals surface area contributed by atoms with Crippen LogP contribution in [0.4, 0.5) is 5.82 Å². The second-order valence-electron chi connectivity index (χ2n) is 4.07. The molecule has 3 aromatic rings. The first kappa shape index (κ1) is 11.7. The Kier molecular flexibility index (Phi) is 2.93. The van der Waals surface area contributed by atoms with Crippen LogP contribution in [0, 0.1) is 0 Å². The van der Waals surface area contributed by atoms with Gasteiger partial charge >= 0.3 is 0 Å². The van der Waals surface area contributed by atoms with Crippen molar-refractivity contribution in [2.45, 2.75) is 0 Å². The van der Waals surface area contributed by atoms with Gasteiger partial charge in [-0.3, -0.25) is 4.79 Å². The Hall–Kier alpha value is -2.33. The molecule has 2 heterocycles. The normalized spacial score (nSPS) is 10.6. The zero-order chi connectivity index (χ0) is 13.2. The van der Waals surface area contributed by atoms with E-state index in [0.29, 0.717) is 16.4 Å². The number of benzene rings is 1. The molecule has 1 amide bonds. The van der Waals surface area contributed by atoms with Crippen molar-refractivity contribution in [1.82, 2.24) is 9.97 Å². The van der Waals surface area contributed by atoms with Crippen LogP contribution in [-0.4, -0.2) is 15.9 Å². The van der Waals surface area contributed by atoms with E-state index in [1.165, 1.54) is 0 Å². The highest BCUT2D eigenvalue weighted by Gasteiger charge is 2.09. The zero-order valence-electron chi connectivity index (χ0n) is 9.85. The number of hydrogen-bond acceptors (Lipinski definition) is 2. The molecule has 0 bridgehead atoms. The van der Waals surface area contributed by atoms with Crippen molar-refractivity contribution < 1.29 is 4.79 Å². The van der Waals surface area contributed by atoms with Crippen LogP contribution in [0.25, 0.3) is 10.9 Å². The van der Waals surface area contributed by atoms with Crippen molar-refractivity contribution >= 4 is 34.2 Å². The maximum absolute atomic E-state index is 12.1. The molecule has 2 aromatic heterocycles. The van der Waals surface area contributed by atoms with Gasteiger partial charge in [0.2, 0.25) is 0 Å². The molecule has 0 unspecified atom stereocenters. The maximum Gasteiger partial charge on any atom is 0.256 e. The lowest BCUT2D eigenvalue weighted by molar-refractivity contribution is 0.102. The summed E-state index contributed by atoms with van der Waals surface area (Å²) in [5.74, 6) is 0.132. The van der Waals surface area contributed by atoms with E-state index in [4.69, 9.17) is 11.6 Å². The van der Waals surface area contributed by atoms with E-state index in [1.54, 1.807) is 24.4 Å². The SMILES string of the molecule is O=C(Nc1ncccc1Cl)c1ccc2[nH]ccc2c1. The summed E-state index contributed by atoms with van der Waals surface area (Å²) in [6.45, 7) is 0. The largest absolute Gasteiger partial charge is 0.361 e. The Morgan fingerprint density at radius 3 is 3.00 bits per heavy atom. The van der Waals surface area contributed by atoms with Gasteiger partial charge in [0.05, 0.1) is 5.02 Å². The second-order valence-corrected chi connectivity index (χ2v) is 4.47. The summed E-state index contributed by atoms with van der Waals surface area (Å²) < 4.78 is 0. The number of aromatic amines is 1. The smallest absolute Gasteiger partial charge is 0.256 e. The molecule has 0 spiro atoms. The summed E-state index contributed by atoms with van der Waals surface area (Å²) in [5.41, 5.74) is 1.56. The number of aromatic nitrogens is 2. The summed E-state index contributed by atoms with van der Waals surface area (Å²) >= 11 is 5.95. The first-order valence-electron chi connectivity index (χ1n) is 5.73. The van der Waals surface area contributed by atoms with Gasteiger partial charge in [-0.1, -0.05) is 11.6 Å². The van der Waals surface area contributed by atoms with E-state index in [-0.39, 0.29) is 5.91 Å². The molecule has 0 aliphatic carbocycles. The lowest BCUT2D eigenvalue weighted by atomic mass is 10.1. The average Bonchev–Trinajstić information content (AvgIpc) is 2.88. The Morgan fingerprint density at radius 2 is 2.16 bits per heavy atom. The number of halogens is 1. The molecule has 4 nitrogen and oxygen atoms in total. The monoisotopic (exact) mass is 271 g/mol. The average molecular weight is 272 g/mol. The molecule has 0 aliphatic rings. The molecule has 19 heavy (non-hydrogen) atoms. The number of pyridine rings is 1. The topological polar surface area (TPSA) is 57.8 Å². The van der Waals surface area contributed by atoms with E-state index in [0.717, 1.165) is 10.9 Å². The number of nitrogens with one attached hydrogen (secondary N) is 2. The molecule has 0 saturated carbocycles. The number of H-pyrrole nitrogens is 1. The molecular formula is C14H10ClN3O. The molecule has 94 valence electrons. The summed E-state index contributed by atoms with van der Waals surface area (Å²) in [5, 5.41) is 4.09. The summed E-state index contributed by atoms with van der Waals surface area (Å²) in [6.07, 6.45) is 3.42. The molecule has 2 N–H and O–H groups in total. The minimum atomic E-state index is -0.233. The number of hydrogen-bond donors (Lipinski definition) is 2. The summed E-state index contributed by atoms with van der Waals surface area (Å²) in [7, 11) is 0. The fourth-order valence-electron chi connectivity index (χ4n) is 1.85. The van der Waals surface area contributed by atoms with E-state index in [9.17, 15) is 4.79 Å². The van der Waals surface area contributed by atoms with Crippen molar-refractivity contribution in [1.29, 1.82) is 0 Å². The van der Waals surface area contributed by atoms with Crippen LogP contribution in [0.5, 0.6) is 0 Å². The molecule has 0 atom stereocenters. The number of anilines is 1. The molecular weight excluding hydrogens is 262 g/mol. The molecule has 0 saturated heterocycles.